The van der Waals surface area contributed by atoms with E-state index in [9.17, 15) is 4.79 Å². The fraction of sp³-hybridized carbons (Fsp3) is 0.429. The molecule has 0 fully saturated rings. The maximum absolute atomic E-state index is 10.2. The third-order valence-electron chi connectivity index (χ3n) is 1.74. The first kappa shape index (κ1) is 6.91. The number of nitrogens with zero attached hydrogens (tertiary/aromatic N) is 2. The Morgan fingerprint density at radius 2 is 2.73 bits per heavy atom. The molecule has 0 amide bonds. The summed E-state index contributed by atoms with van der Waals surface area (Å²) in [5.41, 5.74) is 1.04. The van der Waals surface area contributed by atoms with E-state index >= 15 is 0 Å². The molecule has 11 heavy (non-hydrogen) atoms. The summed E-state index contributed by atoms with van der Waals surface area (Å²) in [6, 6.07) is 0. The molecule has 3 nitrogen and oxygen atoms in total. The van der Waals surface area contributed by atoms with Crippen LogP contribution in [-0.4, -0.2) is 21.6 Å². The number of hydrogen-bond donors (Lipinski definition) is 0. The number of aromatic nitrogens is 2. The van der Waals surface area contributed by atoms with Gasteiger partial charge in [0, 0.05) is 30.6 Å². The van der Waals surface area contributed by atoms with E-state index in [0.29, 0.717) is 6.42 Å². The highest BCUT2D eigenvalue weighted by Gasteiger charge is 2.14. The molecule has 58 valence electrons. The number of aldehydes is 1. The standard InChI is InChI=1S/C7H8N2OS/c10-3-1-6-5-8-7-9(6)2-4-11-7/h3,5H,1-2,4H2. The summed E-state index contributed by atoms with van der Waals surface area (Å²) in [4.78, 5) is 14.4. The number of hydrogen-bond acceptors (Lipinski definition) is 3. The second-order valence-corrected chi connectivity index (χ2v) is 3.47. The first-order valence-corrected chi connectivity index (χ1v) is 4.51. The highest BCUT2D eigenvalue weighted by atomic mass is 32.2. The highest BCUT2D eigenvalue weighted by molar-refractivity contribution is 7.99. The lowest BCUT2D eigenvalue weighted by Gasteiger charge is -1.97. The van der Waals surface area contributed by atoms with E-state index in [0.717, 1.165) is 29.4 Å². The monoisotopic (exact) mass is 168 g/mol. The molecule has 0 atom stereocenters. The summed E-state index contributed by atoms with van der Waals surface area (Å²) in [6.45, 7) is 1.00. The van der Waals surface area contributed by atoms with Crippen molar-refractivity contribution in [3.63, 3.8) is 0 Å². The summed E-state index contributed by atoms with van der Waals surface area (Å²) < 4.78 is 2.11. The highest BCUT2D eigenvalue weighted by Crippen LogP contribution is 2.25. The third-order valence-corrected chi connectivity index (χ3v) is 2.71. The predicted octanol–water partition coefficient (Wildman–Crippen LogP) is 0.730. The molecule has 2 rings (SSSR count). The Bertz CT molecular complexity index is 282. The molecule has 2 heterocycles. The minimum atomic E-state index is 0.494. The van der Waals surface area contributed by atoms with Gasteiger partial charge in [0.25, 0.3) is 0 Å². The molecule has 1 aliphatic heterocycles. The maximum Gasteiger partial charge on any atom is 0.168 e. The maximum atomic E-state index is 10.2. The summed E-state index contributed by atoms with van der Waals surface area (Å²) >= 11 is 1.75. The topological polar surface area (TPSA) is 34.9 Å². The van der Waals surface area contributed by atoms with E-state index in [1.165, 1.54) is 0 Å². The zero-order valence-corrected chi connectivity index (χ0v) is 6.80. The van der Waals surface area contributed by atoms with Crippen molar-refractivity contribution in [3.05, 3.63) is 11.9 Å². The van der Waals surface area contributed by atoms with Crippen molar-refractivity contribution in [1.82, 2.24) is 9.55 Å². The Morgan fingerprint density at radius 3 is 3.55 bits per heavy atom. The van der Waals surface area contributed by atoms with Gasteiger partial charge in [-0.25, -0.2) is 4.98 Å². The van der Waals surface area contributed by atoms with Crippen LogP contribution < -0.4 is 0 Å². The van der Waals surface area contributed by atoms with E-state index in [1.54, 1.807) is 18.0 Å². The molecule has 1 aliphatic rings. The van der Waals surface area contributed by atoms with Crippen LogP contribution in [0.5, 0.6) is 0 Å². The van der Waals surface area contributed by atoms with Crippen molar-refractivity contribution in [2.24, 2.45) is 0 Å². The second-order valence-electron chi connectivity index (χ2n) is 2.40. The van der Waals surface area contributed by atoms with E-state index in [2.05, 4.69) is 9.55 Å². The zero-order chi connectivity index (χ0) is 7.68. The molecule has 0 saturated heterocycles. The minimum absolute atomic E-state index is 0.494. The van der Waals surface area contributed by atoms with Gasteiger partial charge in [-0.15, -0.1) is 0 Å². The molecule has 4 heteroatoms. The van der Waals surface area contributed by atoms with Gasteiger partial charge in [0.05, 0.1) is 0 Å². The Labute approximate surface area is 68.8 Å². The van der Waals surface area contributed by atoms with Crippen molar-refractivity contribution in [3.8, 4) is 0 Å². The van der Waals surface area contributed by atoms with Crippen molar-refractivity contribution in [2.45, 2.75) is 18.1 Å². The quantitative estimate of drug-likeness (QED) is 0.611. The van der Waals surface area contributed by atoms with Gasteiger partial charge in [-0.2, -0.15) is 0 Å². The predicted molar refractivity (Wildman–Crippen MR) is 42.7 cm³/mol. The normalized spacial score (nSPS) is 14.9. The Hall–Kier alpha value is -0.770. The number of imidazole rings is 1. The molecular formula is C7H8N2OS. The van der Waals surface area contributed by atoms with Crippen molar-refractivity contribution in [1.29, 1.82) is 0 Å². The number of fused-ring (bicyclic) bond motifs is 1. The molecule has 0 spiro atoms. The number of thioether (sulfide) groups is 1. The van der Waals surface area contributed by atoms with Crippen molar-refractivity contribution >= 4 is 18.0 Å². The van der Waals surface area contributed by atoms with Crippen molar-refractivity contribution < 1.29 is 4.79 Å². The lowest BCUT2D eigenvalue weighted by molar-refractivity contribution is -0.107. The van der Waals surface area contributed by atoms with Crippen LogP contribution in [0.3, 0.4) is 0 Å². The zero-order valence-electron chi connectivity index (χ0n) is 5.99. The summed E-state index contributed by atoms with van der Waals surface area (Å²) in [7, 11) is 0. The first-order chi connectivity index (χ1) is 5.42. The van der Waals surface area contributed by atoms with Gasteiger partial charge >= 0.3 is 0 Å². The van der Waals surface area contributed by atoms with Crippen LogP contribution >= 0.6 is 11.8 Å². The number of carbonyl (C=O) groups is 1. The van der Waals surface area contributed by atoms with Gasteiger partial charge in [0.15, 0.2) is 5.16 Å². The fourth-order valence-corrected chi connectivity index (χ4v) is 2.17. The molecule has 0 saturated carbocycles. The van der Waals surface area contributed by atoms with Gasteiger partial charge in [-0.05, 0) is 0 Å². The molecule has 0 radical (unpaired) electrons. The largest absolute Gasteiger partial charge is 0.322 e. The van der Waals surface area contributed by atoms with Crippen LogP contribution in [0.25, 0.3) is 0 Å². The smallest absolute Gasteiger partial charge is 0.168 e. The molecule has 0 bridgehead atoms. The van der Waals surface area contributed by atoms with Crippen molar-refractivity contribution in [2.75, 3.05) is 5.75 Å². The number of rotatable bonds is 2. The average molecular weight is 168 g/mol. The Balaban J connectivity index is 2.34. The van der Waals surface area contributed by atoms with Crippen LogP contribution in [-0.2, 0) is 17.8 Å². The summed E-state index contributed by atoms with van der Waals surface area (Å²) in [5.74, 6) is 1.09. The van der Waals surface area contributed by atoms with Gasteiger partial charge in [-0.3, -0.25) is 0 Å². The van der Waals surface area contributed by atoms with E-state index in [4.69, 9.17) is 0 Å². The molecule has 0 aliphatic carbocycles. The van der Waals surface area contributed by atoms with Crippen LogP contribution in [0.15, 0.2) is 11.4 Å². The molecule has 0 unspecified atom stereocenters. The molecule has 1 aromatic rings. The van der Waals surface area contributed by atoms with Gasteiger partial charge in [0.2, 0.25) is 0 Å². The van der Waals surface area contributed by atoms with Crippen LogP contribution in [0, 0.1) is 0 Å². The minimum Gasteiger partial charge on any atom is -0.322 e. The number of carbonyl (C=O) groups excluding carboxylic acids is 1. The van der Waals surface area contributed by atoms with Crippen LogP contribution in [0.4, 0.5) is 0 Å². The van der Waals surface area contributed by atoms with E-state index in [1.807, 2.05) is 0 Å². The fourth-order valence-electron chi connectivity index (χ4n) is 1.22. The molecule has 1 aromatic heterocycles. The van der Waals surface area contributed by atoms with Gasteiger partial charge < -0.3 is 9.36 Å². The lowest BCUT2D eigenvalue weighted by Crippen LogP contribution is -2.00. The van der Waals surface area contributed by atoms with Gasteiger partial charge in [0.1, 0.15) is 6.29 Å². The Kier molecular flexibility index (Phi) is 1.69. The first-order valence-electron chi connectivity index (χ1n) is 3.52. The van der Waals surface area contributed by atoms with Crippen LogP contribution in [0.1, 0.15) is 5.69 Å². The van der Waals surface area contributed by atoms with E-state index < -0.39 is 0 Å². The second kappa shape index (κ2) is 2.70. The summed E-state index contributed by atoms with van der Waals surface area (Å²) in [5, 5.41) is 1.06. The molecule has 0 N–H and O–H groups in total. The van der Waals surface area contributed by atoms with Crippen LogP contribution in [0.2, 0.25) is 0 Å². The Morgan fingerprint density at radius 1 is 1.82 bits per heavy atom. The van der Waals surface area contributed by atoms with E-state index in [-0.39, 0.29) is 0 Å². The summed E-state index contributed by atoms with van der Waals surface area (Å²) in [6.07, 6.45) is 3.21. The SMILES string of the molecule is O=CCc1cnc2n1CCS2. The lowest BCUT2D eigenvalue weighted by atomic mass is 10.3. The van der Waals surface area contributed by atoms with Gasteiger partial charge in [-0.1, -0.05) is 11.8 Å². The molecule has 0 aromatic carbocycles. The molecular weight excluding hydrogens is 160 g/mol. The average Bonchev–Trinajstić information content (AvgIpc) is 2.53. The third kappa shape index (κ3) is 1.07.